The average molecular weight is 258 g/mol. The summed E-state index contributed by atoms with van der Waals surface area (Å²) in [5.41, 5.74) is -0.664. The lowest BCUT2D eigenvalue weighted by atomic mass is 10.2. The predicted molar refractivity (Wildman–Crippen MR) is 55.5 cm³/mol. The number of rotatable bonds is 3. The molecule has 2 heterocycles. The Bertz CT molecular complexity index is 509. The number of hydrogen-bond acceptors (Lipinski definition) is 5. The summed E-state index contributed by atoms with van der Waals surface area (Å²) in [6, 6.07) is 2.00. The minimum absolute atomic E-state index is 0.287. The molecule has 0 spiro atoms. The molecule has 2 aromatic rings. The lowest BCUT2D eigenvalue weighted by Crippen LogP contribution is -2.11. The summed E-state index contributed by atoms with van der Waals surface area (Å²) >= 11 is 0. The van der Waals surface area contributed by atoms with Crippen LogP contribution in [-0.2, 0) is 6.18 Å². The van der Waals surface area contributed by atoms with Gasteiger partial charge in [-0.1, -0.05) is 5.21 Å². The quantitative estimate of drug-likeness (QED) is 0.877. The third-order valence-electron chi connectivity index (χ3n) is 2.18. The van der Waals surface area contributed by atoms with Crippen molar-refractivity contribution >= 4 is 5.69 Å². The standard InChI is InChI=1S/C9H9F3N6/c1-5(8-15-17-18-16-8)14-6-2-3-13-7(4-6)9(10,11)12/h2-5H,1H3,(H,13,14)(H,15,16,17,18). The molecule has 0 amide bonds. The van der Waals surface area contributed by atoms with E-state index in [1.54, 1.807) is 6.92 Å². The van der Waals surface area contributed by atoms with Crippen LogP contribution in [0.15, 0.2) is 18.3 Å². The van der Waals surface area contributed by atoms with E-state index in [0.29, 0.717) is 5.82 Å². The van der Waals surface area contributed by atoms with Gasteiger partial charge in [-0.25, -0.2) is 0 Å². The Balaban J connectivity index is 2.15. The minimum Gasteiger partial charge on any atom is -0.375 e. The van der Waals surface area contributed by atoms with Crippen LogP contribution in [-0.4, -0.2) is 25.6 Å². The van der Waals surface area contributed by atoms with Gasteiger partial charge in [0.15, 0.2) is 5.82 Å². The zero-order valence-electron chi connectivity index (χ0n) is 9.23. The lowest BCUT2D eigenvalue weighted by molar-refractivity contribution is -0.141. The fourth-order valence-electron chi connectivity index (χ4n) is 1.34. The molecule has 0 aliphatic rings. The Kier molecular flexibility index (Phi) is 3.13. The lowest BCUT2D eigenvalue weighted by Gasteiger charge is -2.13. The van der Waals surface area contributed by atoms with Crippen molar-refractivity contribution in [2.24, 2.45) is 0 Å². The molecule has 9 heteroatoms. The molecule has 1 unspecified atom stereocenters. The van der Waals surface area contributed by atoms with Gasteiger partial charge in [0.1, 0.15) is 5.69 Å². The van der Waals surface area contributed by atoms with Gasteiger partial charge >= 0.3 is 6.18 Å². The minimum atomic E-state index is -4.47. The number of alkyl halides is 3. The van der Waals surface area contributed by atoms with E-state index in [0.717, 1.165) is 12.3 Å². The van der Waals surface area contributed by atoms with E-state index in [2.05, 4.69) is 30.9 Å². The summed E-state index contributed by atoms with van der Waals surface area (Å²) in [6.45, 7) is 1.71. The van der Waals surface area contributed by atoms with Gasteiger partial charge in [-0.2, -0.15) is 18.4 Å². The first-order valence-corrected chi connectivity index (χ1v) is 5.00. The maximum Gasteiger partial charge on any atom is 0.433 e. The Labute approximate surface area is 99.6 Å². The van der Waals surface area contributed by atoms with Crippen molar-refractivity contribution in [1.29, 1.82) is 0 Å². The van der Waals surface area contributed by atoms with Crippen molar-refractivity contribution in [1.82, 2.24) is 25.6 Å². The van der Waals surface area contributed by atoms with Crippen LogP contribution >= 0.6 is 0 Å². The highest BCUT2D eigenvalue weighted by Crippen LogP contribution is 2.29. The topological polar surface area (TPSA) is 79.4 Å². The number of anilines is 1. The molecular formula is C9H9F3N6. The first kappa shape index (κ1) is 12.3. The maximum absolute atomic E-state index is 12.4. The zero-order chi connectivity index (χ0) is 13.2. The molecule has 0 saturated heterocycles. The number of tetrazole rings is 1. The second-order valence-corrected chi connectivity index (χ2v) is 3.56. The monoisotopic (exact) mass is 258 g/mol. The Morgan fingerprint density at radius 1 is 1.39 bits per heavy atom. The van der Waals surface area contributed by atoms with Crippen LogP contribution in [0.5, 0.6) is 0 Å². The summed E-state index contributed by atoms with van der Waals surface area (Å²) in [6.07, 6.45) is -3.37. The highest BCUT2D eigenvalue weighted by molar-refractivity contribution is 5.45. The molecule has 6 nitrogen and oxygen atoms in total. The summed E-state index contributed by atoms with van der Waals surface area (Å²) < 4.78 is 37.3. The van der Waals surface area contributed by atoms with Gasteiger partial charge in [0.05, 0.1) is 6.04 Å². The molecular weight excluding hydrogens is 249 g/mol. The fourth-order valence-corrected chi connectivity index (χ4v) is 1.34. The molecule has 96 valence electrons. The molecule has 0 bridgehead atoms. The van der Waals surface area contributed by atoms with Gasteiger partial charge in [-0.15, -0.1) is 10.2 Å². The van der Waals surface area contributed by atoms with Gasteiger partial charge < -0.3 is 5.32 Å². The largest absolute Gasteiger partial charge is 0.433 e. The van der Waals surface area contributed by atoms with Gasteiger partial charge in [0.25, 0.3) is 0 Å². The van der Waals surface area contributed by atoms with Crippen molar-refractivity contribution < 1.29 is 13.2 Å². The highest BCUT2D eigenvalue weighted by Gasteiger charge is 2.32. The van der Waals surface area contributed by atoms with Gasteiger partial charge in [-0.05, 0) is 19.1 Å². The molecule has 18 heavy (non-hydrogen) atoms. The molecule has 0 aliphatic carbocycles. The maximum atomic E-state index is 12.4. The van der Waals surface area contributed by atoms with Crippen molar-refractivity contribution in [2.45, 2.75) is 19.1 Å². The molecule has 1 atom stereocenters. The number of pyridine rings is 1. The molecule has 0 aromatic carbocycles. The smallest absolute Gasteiger partial charge is 0.375 e. The first-order valence-electron chi connectivity index (χ1n) is 5.00. The molecule has 2 rings (SSSR count). The van der Waals surface area contributed by atoms with E-state index in [9.17, 15) is 13.2 Å². The number of nitrogens with zero attached hydrogens (tertiary/aromatic N) is 4. The van der Waals surface area contributed by atoms with E-state index < -0.39 is 11.9 Å². The normalized spacial score (nSPS) is 13.3. The molecule has 0 saturated carbocycles. The summed E-state index contributed by atoms with van der Waals surface area (Å²) in [7, 11) is 0. The van der Waals surface area contributed by atoms with Crippen molar-refractivity contribution in [3.8, 4) is 0 Å². The Hall–Kier alpha value is -2.19. The summed E-state index contributed by atoms with van der Waals surface area (Å²) in [4.78, 5) is 3.27. The summed E-state index contributed by atoms with van der Waals surface area (Å²) in [5.74, 6) is 0.361. The van der Waals surface area contributed by atoms with Crippen LogP contribution in [0.4, 0.5) is 18.9 Å². The first-order chi connectivity index (χ1) is 8.47. The molecule has 0 fully saturated rings. The molecule has 0 aliphatic heterocycles. The van der Waals surface area contributed by atoms with Crippen LogP contribution in [0.2, 0.25) is 0 Å². The van der Waals surface area contributed by atoms with Crippen molar-refractivity contribution in [3.05, 3.63) is 29.8 Å². The van der Waals surface area contributed by atoms with E-state index in [4.69, 9.17) is 0 Å². The van der Waals surface area contributed by atoms with Crippen LogP contribution in [0.1, 0.15) is 24.5 Å². The van der Waals surface area contributed by atoms with E-state index in [1.165, 1.54) is 6.07 Å². The van der Waals surface area contributed by atoms with Gasteiger partial charge in [0.2, 0.25) is 0 Å². The second kappa shape index (κ2) is 4.59. The van der Waals surface area contributed by atoms with Crippen LogP contribution < -0.4 is 5.32 Å². The van der Waals surface area contributed by atoms with Gasteiger partial charge in [-0.3, -0.25) is 4.98 Å². The number of aromatic amines is 1. The molecule has 0 radical (unpaired) electrons. The number of halogens is 3. The van der Waals surface area contributed by atoms with Crippen molar-refractivity contribution in [3.63, 3.8) is 0 Å². The van der Waals surface area contributed by atoms with Crippen LogP contribution in [0.25, 0.3) is 0 Å². The third kappa shape index (κ3) is 2.73. The number of H-pyrrole nitrogens is 1. The Morgan fingerprint density at radius 3 is 2.78 bits per heavy atom. The Morgan fingerprint density at radius 2 is 2.17 bits per heavy atom. The average Bonchev–Trinajstić information content (AvgIpc) is 2.81. The van der Waals surface area contributed by atoms with Crippen LogP contribution in [0, 0.1) is 0 Å². The van der Waals surface area contributed by atoms with Crippen molar-refractivity contribution in [2.75, 3.05) is 5.32 Å². The third-order valence-corrected chi connectivity index (χ3v) is 2.18. The molecule has 2 aromatic heterocycles. The second-order valence-electron chi connectivity index (χ2n) is 3.56. The highest BCUT2D eigenvalue weighted by atomic mass is 19.4. The predicted octanol–water partition coefficient (Wildman–Crippen LogP) is 1.79. The van der Waals surface area contributed by atoms with Gasteiger partial charge in [0, 0.05) is 11.9 Å². The zero-order valence-corrected chi connectivity index (χ0v) is 9.23. The molecule has 2 N–H and O–H groups in total. The summed E-state index contributed by atoms with van der Waals surface area (Å²) in [5, 5.41) is 15.9. The number of nitrogens with one attached hydrogen (secondary N) is 2. The SMILES string of the molecule is CC(Nc1ccnc(C(F)(F)F)c1)c1nn[nH]n1. The van der Waals surface area contributed by atoms with E-state index in [-0.39, 0.29) is 11.7 Å². The van der Waals surface area contributed by atoms with Crippen LogP contribution in [0.3, 0.4) is 0 Å². The number of hydrogen-bond donors (Lipinski definition) is 2. The fraction of sp³-hybridized carbons (Fsp3) is 0.333. The number of aromatic nitrogens is 5. The van der Waals surface area contributed by atoms with E-state index >= 15 is 0 Å². The van der Waals surface area contributed by atoms with E-state index in [1.807, 2.05) is 0 Å².